The number of hydrogen-bond acceptors (Lipinski definition) is 4. The number of nitrogens with zero attached hydrogens (tertiary/aromatic N) is 2. The molecule has 0 radical (unpaired) electrons. The van der Waals surface area contributed by atoms with Crippen LogP contribution in [0, 0.1) is 11.7 Å². The number of carbonyl (C=O) groups is 3. The second-order valence-corrected chi connectivity index (χ2v) is 10.7. The number of nitrogens with two attached hydrogens (primary N) is 1. The monoisotopic (exact) mass is 532 g/mol. The maximum absolute atomic E-state index is 13.9. The minimum absolute atomic E-state index is 0.140. The topological polar surface area (TPSA) is 95.7 Å². The number of carbonyl (C=O) groups excluding carboxylic acids is 3. The predicted molar refractivity (Wildman–Crippen MR) is 150 cm³/mol. The highest BCUT2D eigenvalue weighted by Crippen LogP contribution is 2.24. The third-order valence-electron chi connectivity index (χ3n) is 7.36. The predicted octanol–water partition coefficient (Wildman–Crippen LogP) is 3.29. The molecule has 3 atom stereocenters. The molecule has 8 heteroatoms. The first-order valence-corrected chi connectivity index (χ1v) is 13.5. The van der Waals surface area contributed by atoms with Gasteiger partial charge < -0.3 is 20.9 Å². The van der Waals surface area contributed by atoms with Crippen molar-refractivity contribution in [1.82, 2.24) is 15.1 Å². The fourth-order valence-corrected chi connectivity index (χ4v) is 5.33. The molecule has 7 nitrogen and oxygen atoms in total. The molecule has 1 aliphatic heterocycles. The first-order chi connectivity index (χ1) is 18.7. The Morgan fingerprint density at radius 2 is 1.64 bits per heavy atom. The van der Waals surface area contributed by atoms with Gasteiger partial charge in [-0.2, -0.15) is 0 Å². The van der Waals surface area contributed by atoms with Crippen LogP contribution >= 0.6 is 0 Å². The first kappa shape index (κ1) is 28.2. The third kappa shape index (κ3) is 6.63. The average molecular weight is 533 g/mol. The summed E-state index contributed by atoms with van der Waals surface area (Å²) < 4.78 is 13.3. The van der Waals surface area contributed by atoms with Crippen molar-refractivity contribution in [2.75, 3.05) is 20.1 Å². The SMILES string of the molecule is CNC(=O)[C@H](Cc1ccc2ccccc2c1)N1CCN(C(=O)[C@H](N)Cc2ccc(F)cc2)[C@@H](CC(C)C)C1=O. The molecule has 0 aromatic heterocycles. The van der Waals surface area contributed by atoms with E-state index in [1.54, 1.807) is 29.0 Å². The molecule has 1 heterocycles. The zero-order chi connectivity index (χ0) is 28.1. The minimum atomic E-state index is -0.864. The molecule has 0 spiro atoms. The van der Waals surface area contributed by atoms with Crippen molar-refractivity contribution < 1.29 is 18.8 Å². The Morgan fingerprint density at radius 1 is 0.974 bits per heavy atom. The Bertz CT molecular complexity index is 1330. The van der Waals surface area contributed by atoms with Gasteiger partial charge in [0.2, 0.25) is 17.7 Å². The number of rotatable bonds is 9. The van der Waals surface area contributed by atoms with Crippen LogP contribution in [0.15, 0.2) is 66.7 Å². The zero-order valence-corrected chi connectivity index (χ0v) is 22.8. The van der Waals surface area contributed by atoms with E-state index < -0.39 is 18.1 Å². The summed E-state index contributed by atoms with van der Waals surface area (Å²) in [6, 6.07) is 17.7. The van der Waals surface area contributed by atoms with Gasteiger partial charge in [0.05, 0.1) is 6.04 Å². The highest BCUT2D eigenvalue weighted by atomic mass is 19.1. The summed E-state index contributed by atoms with van der Waals surface area (Å²) in [6.45, 7) is 4.51. The van der Waals surface area contributed by atoms with E-state index in [9.17, 15) is 18.8 Å². The van der Waals surface area contributed by atoms with Crippen molar-refractivity contribution >= 4 is 28.5 Å². The third-order valence-corrected chi connectivity index (χ3v) is 7.36. The van der Waals surface area contributed by atoms with Crippen molar-refractivity contribution in [3.8, 4) is 0 Å². The van der Waals surface area contributed by atoms with Crippen molar-refractivity contribution in [1.29, 1.82) is 0 Å². The zero-order valence-electron chi connectivity index (χ0n) is 22.8. The lowest BCUT2D eigenvalue weighted by atomic mass is 9.94. The number of fused-ring (bicyclic) bond motifs is 1. The van der Waals surface area contributed by atoms with Crippen LogP contribution < -0.4 is 11.1 Å². The maximum atomic E-state index is 13.9. The Morgan fingerprint density at radius 3 is 2.31 bits per heavy atom. The van der Waals surface area contributed by atoms with Gasteiger partial charge in [-0.25, -0.2) is 4.39 Å². The van der Waals surface area contributed by atoms with Crippen LogP contribution in [-0.4, -0.2) is 65.8 Å². The Hall–Kier alpha value is -3.78. The number of benzene rings is 3. The van der Waals surface area contributed by atoms with E-state index >= 15 is 0 Å². The van der Waals surface area contributed by atoms with Crippen molar-refractivity contribution in [2.24, 2.45) is 11.7 Å². The van der Waals surface area contributed by atoms with Gasteiger partial charge in [-0.1, -0.05) is 68.4 Å². The van der Waals surface area contributed by atoms with Crippen LogP contribution in [0.1, 0.15) is 31.4 Å². The van der Waals surface area contributed by atoms with Gasteiger partial charge in [0.25, 0.3) is 0 Å². The molecule has 3 aromatic carbocycles. The summed E-state index contributed by atoms with van der Waals surface area (Å²) in [5.41, 5.74) is 8.00. The molecule has 39 heavy (non-hydrogen) atoms. The Kier molecular flexibility index (Phi) is 8.97. The van der Waals surface area contributed by atoms with Crippen molar-refractivity contribution in [3.63, 3.8) is 0 Å². The Labute approximate surface area is 229 Å². The van der Waals surface area contributed by atoms with E-state index in [1.165, 1.54) is 12.1 Å². The number of amides is 3. The average Bonchev–Trinajstić information content (AvgIpc) is 2.93. The molecule has 4 rings (SSSR count). The number of halogens is 1. The van der Waals surface area contributed by atoms with Gasteiger partial charge >= 0.3 is 0 Å². The molecule has 0 aliphatic carbocycles. The van der Waals surface area contributed by atoms with E-state index in [4.69, 9.17) is 5.73 Å². The van der Waals surface area contributed by atoms with Crippen LogP contribution in [0.2, 0.25) is 0 Å². The van der Waals surface area contributed by atoms with Gasteiger partial charge in [0.15, 0.2) is 0 Å². The summed E-state index contributed by atoms with van der Waals surface area (Å²) >= 11 is 0. The van der Waals surface area contributed by atoms with Crippen LogP contribution in [0.4, 0.5) is 4.39 Å². The van der Waals surface area contributed by atoms with Gasteiger partial charge in [-0.15, -0.1) is 0 Å². The fourth-order valence-electron chi connectivity index (χ4n) is 5.33. The normalized spacial score (nSPS) is 17.4. The molecule has 1 fully saturated rings. The minimum Gasteiger partial charge on any atom is -0.357 e. The lowest BCUT2D eigenvalue weighted by Crippen LogP contribution is -2.65. The molecule has 0 unspecified atom stereocenters. The van der Waals surface area contributed by atoms with Gasteiger partial charge in [0.1, 0.15) is 17.9 Å². The van der Waals surface area contributed by atoms with E-state index in [2.05, 4.69) is 11.4 Å². The molecular weight excluding hydrogens is 495 g/mol. The molecule has 1 saturated heterocycles. The standard InChI is InChI=1S/C31H37FN4O3/c1-20(2)16-28-31(39)35(14-15-36(28)30(38)26(33)18-21-9-12-25(32)13-10-21)27(29(37)34-3)19-22-8-11-23-6-4-5-7-24(23)17-22/h4-13,17,20,26-28H,14-16,18-19,33H2,1-3H3,(H,34,37)/t26-,27+,28+/m1/s1. The summed E-state index contributed by atoms with van der Waals surface area (Å²) in [4.78, 5) is 43.7. The van der Waals surface area contributed by atoms with Crippen molar-refractivity contribution in [2.45, 2.75) is 51.2 Å². The maximum Gasteiger partial charge on any atom is 0.246 e. The lowest BCUT2D eigenvalue weighted by molar-refractivity contribution is -0.157. The summed E-state index contributed by atoms with van der Waals surface area (Å²) in [5.74, 6) is -1.02. The van der Waals surface area contributed by atoms with Crippen LogP contribution in [-0.2, 0) is 27.2 Å². The van der Waals surface area contributed by atoms with E-state index in [0.29, 0.717) is 12.8 Å². The summed E-state index contributed by atoms with van der Waals surface area (Å²) in [6.07, 6.45) is 1.06. The lowest BCUT2D eigenvalue weighted by Gasteiger charge is -2.44. The van der Waals surface area contributed by atoms with Gasteiger partial charge in [-0.3, -0.25) is 14.4 Å². The number of hydrogen-bond donors (Lipinski definition) is 2. The number of likely N-dealkylation sites (N-methyl/N-ethyl adjacent to an activating group) is 1. The van der Waals surface area contributed by atoms with Crippen molar-refractivity contribution in [3.05, 3.63) is 83.7 Å². The molecule has 3 N–H and O–H groups in total. The van der Waals surface area contributed by atoms with E-state index in [0.717, 1.165) is 21.9 Å². The Balaban J connectivity index is 1.55. The molecule has 206 valence electrons. The highest BCUT2D eigenvalue weighted by molar-refractivity contribution is 5.94. The second kappa shape index (κ2) is 12.4. The number of piperazine rings is 1. The summed E-state index contributed by atoms with van der Waals surface area (Å²) in [5, 5.41) is 4.90. The molecule has 3 aromatic rings. The number of nitrogens with one attached hydrogen (secondary N) is 1. The molecule has 1 aliphatic rings. The largest absolute Gasteiger partial charge is 0.357 e. The summed E-state index contributed by atoms with van der Waals surface area (Å²) in [7, 11) is 1.57. The van der Waals surface area contributed by atoms with Crippen LogP contribution in [0.3, 0.4) is 0 Å². The van der Waals surface area contributed by atoms with E-state index in [-0.39, 0.29) is 49.0 Å². The second-order valence-electron chi connectivity index (χ2n) is 10.7. The van der Waals surface area contributed by atoms with Crippen LogP contribution in [0.25, 0.3) is 10.8 Å². The van der Waals surface area contributed by atoms with Gasteiger partial charge in [-0.05, 0) is 52.8 Å². The smallest absolute Gasteiger partial charge is 0.246 e. The molecule has 0 saturated carbocycles. The van der Waals surface area contributed by atoms with Crippen LogP contribution in [0.5, 0.6) is 0 Å². The molecular formula is C31H37FN4O3. The van der Waals surface area contributed by atoms with E-state index in [1.807, 2.05) is 50.2 Å². The quantitative estimate of drug-likeness (QED) is 0.442. The highest BCUT2D eigenvalue weighted by Gasteiger charge is 2.42. The molecule has 0 bridgehead atoms. The fraction of sp³-hybridized carbons (Fsp3) is 0.387. The van der Waals surface area contributed by atoms with Gasteiger partial charge in [0, 0.05) is 26.6 Å². The molecule has 3 amide bonds. The first-order valence-electron chi connectivity index (χ1n) is 13.5.